The molecule has 0 spiro atoms. The second kappa shape index (κ2) is 6.18. The van der Waals surface area contributed by atoms with Crippen molar-refractivity contribution in [2.45, 2.75) is 52.5 Å². The second-order valence-electron chi connectivity index (χ2n) is 6.39. The Kier molecular flexibility index (Phi) is 4.24. The van der Waals surface area contributed by atoms with E-state index in [1.54, 1.807) is 0 Å². The van der Waals surface area contributed by atoms with Gasteiger partial charge in [0.1, 0.15) is 5.69 Å². The first-order chi connectivity index (χ1) is 11.0. The number of hydrogen-bond acceptors (Lipinski definition) is 3. The lowest BCUT2D eigenvalue weighted by Crippen LogP contribution is -2.31. The molecule has 1 aliphatic heterocycles. The molecule has 0 saturated carbocycles. The molecule has 0 radical (unpaired) electrons. The van der Waals surface area contributed by atoms with Gasteiger partial charge in [-0.1, -0.05) is 13.3 Å². The molecule has 6 nitrogen and oxygen atoms in total. The average Bonchev–Trinajstić information content (AvgIpc) is 3.20. The topological polar surface area (TPSA) is 66.8 Å². The molecule has 124 valence electrons. The van der Waals surface area contributed by atoms with Crippen molar-refractivity contribution in [2.75, 3.05) is 6.54 Å². The van der Waals surface area contributed by atoms with E-state index in [0.717, 1.165) is 49.3 Å². The first-order valence-electron chi connectivity index (χ1n) is 8.38. The maximum Gasteiger partial charge on any atom is 0.274 e. The molecule has 0 unspecified atom stereocenters. The number of likely N-dealkylation sites (tertiary alicyclic amines) is 1. The highest BCUT2D eigenvalue weighted by atomic mass is 16.2. The van der Waals surface area contributed by atoms with Crippen molar-refractivity contribution in [1.29, 1.82) is 0 Å². The third kappa shape index (κ3) is 2.78. The molecule has 2 aromatic heterocycles. The van der Waals surface area contributed by atoms with E-state index in [4.69, 9.17) is 0 Å². The number of nitrogens with one attached hydrogen (secondary N) is 1. The van der Waals surface area contributed by atoms with Crippen LogP contribution in [0.5, 0.6) is 0 Å². The van der Waals surface area contributed by atoms with Crippen molar-refractivity contribution in [3.05, 3.63) is 34.4 Å². The van der Waals surface area contributed by atoms with E-state index in [9.17, 15) is 4.79 Å². The minimum atomic E-state index is 0.0220. The van der Waals surface area contributed by atoms with E-state index >= 15 is 0 Å². The van der Waals surface area contributed by atoms with Gasteiger partial charge < -0.3 is 4.90 Å². The molecule has 0 aliphatic carbocycles. The maximum absolute atomic E-state index is 12.9. The summed E-state index contributed by atoms with van der Waals surface area (Å²) in [5.41, 5.74) is 4.91. The monoisotopic (exact) mass is 315 g/mol. The zero-order chi connectivity index (χ0) is 16.6. The first kappa shape index (κ1) is 15.8. The van der Waals surface area contributed by atoms with Crippen LogP contribution in [0.2, 0.25) is 0 Å². The molecular formula is C17H25N5O. The van der Waals surface area contributed by atoms with E-state index in [2.05, 4.69) is 29.1 Å². The smallest absolute Gasteiger partial charge is 0.274 e. The lowest BCUT2D eigenvalue weighted by atomic mass is 10.0. The van der Waals surface area contributed by atoms with Crippen molar-refractivity contribution in [3.8, 4) is 0 Å². The Morgan fingerprint density at radius 3 is 2.87 bits per heavy atom. The predicted octanol–water partition coefficient (Wildman–Crippen LogP) is 2.69. The normalized spacial score (nSPS) is 17.9. The molecule has 1 atom stereocenters. The SMILES string of the molecule is CCCc1cc(C(=O)N2CCC[C@@H]2c2c(C)nn(C)c2C)n[nH]1. The minimum absolute atomic E-state index is 0.0220. The fourth-order valence-electron chi connectivity index (χ4n) is 3.60. The molecule has 2 aromatic rings. The third-order valence-electron chi connectivity index (χ3n) is 4.78. The number of aromatic amines is 1. The summed E-state index contributed by atoms with van der Waals surface area (Å²) in [7, 11) is 1.96. The number of H-pyrrole nitrogens is 1. The number of aryl methyl sites for hydroxylation is 3. The Hall–Kier alpha value is -2.11. The highest BCUT2D eigenvalue weighted by Gasteiger charge is 2.34. The van der Waals surface area contributed by atoms with Gasteiger partial charge in [0.05, 0.1) is 11.7 Å². The molecule has 0 bridgehead atoms. The lowest BCUT2D eigenvalue weighted by molar-refractivity contribution is 0.0729. The molecule has 1 amide bonds. The first-order valence-corrected chi connectivity index (χ1v) is 8.38. The van der Waals surface area contributed by atoms with Crippen molar-refractivity contribution < 1.29 is 4.79 Å². The van der Waals surface area contributed by atoms with Gasteiger partial charge in [-0.05, 0) is 39.2 Å². The van der Waals surface area contributed by atoms with Gasteiger partial charge in [-0.25, -0.2) is 0 Å². The van der Waals surface area contributed by atoms with Crippen LogP contribution in [0.1, 0.15) is 65.4 Å². The molecule has 3 heterocycles. The lowest BCUT2D eigenvalue weighted by Gasteiger charge is -2.24. The second-order valence-corrected chi connectivity index (χ2v) is 6.39. The predicted molar refractivity (Wildman–Crippen MR) is 88.3 cm³/mol. The number of nitrogens with zero attached hydrogens (tertiary/aromatic N) is 4. The Labute approximate surface area is 136 Å². The van der Waals surface area contributed by atoms with Crippen molar-refractivity contribution in [3.63, 3.8) is 0 Å². The summed E-state index contributed by atoms with van der Waals surface area (Å²) in [5, 5.41) is 11.7. The Morgan fingerprint density at radius 1 is 1.43 bits per heavy atom. The quantitative estimate of drug-likeness (QED) is 0.943. The minimum Gasteiger partial charge on any atom is -0.330 e. The van der Waals surface area contributed by atoms with E-state index in [-0.39, 0.29) is 11.9 Å². The van der Waals surface area contributed by atoms with Crippen LogP contribution in [0, 0.1) is 13.8 Å². The van der Waals surface area contributed by atoms with Crippen LogP contribution < -0.4 is 0 Å². The summed E-state index contributed by atoms with van der Waals surface area (Å²) in [6.45, 7) is 7.00. The number of rotatable bonds is 4. The summed E-state index contributed by atoms with van der Waals surface area (Å²) < 4.78 is 1.90. The Morgan fingerprint density at radius 2 is 2.22 bits per heavy atom. The number of aromatic nitrogens is 4. The highest BCUT2D eigenvalue weighted by molar-refractivity contribution is 5.93. The summed E-state index contributed by atoms with van der Waals surface area (Å²) in [5.74, 6) is 0.0220. The van der Waals surface area contributed by atoms with Gasteiger partial charge in [0, 0.05) is 30.5 Å². The summed E-state index contributed by atoms with van der Waals surface area (Å²) >= 11 is 0. The maximum atomic E-state index is 12.9. The summed E-state index contributed by atoms with van der Waals surface area (Å²) in [6, 6.07) is 2.01. The highest BCUT2D eigenvalue weighted by Crippen LogP contribution is 2.36. The molecule has 23 heavy (non-hydrogen) atoms. The summed E-state index contributed by atoms with van der Waals surface area (Å²) in [4.78, 5) is 14.9. The van der Waals surface area contributed by atoms with Gasteiger partial charge in [-0.2, -0.15) is 10.2 Å². The molecule has 1 aliphatic rings. The largest absolute Gasteiger partial charge is 0.330 e. The number of carbonyl (C=O) groups is 1. The van der Waals surface area contributed by atoms with Crippen LogP contribution in [0.25, 0.3) is 0 Å². The van der Waals surface area contributed by atoms with Gasteiger partial charge in [0.2, 0.25) is 0 Å². The van der Waals surface area contributed by atoms with E-state index < -0.39 is 0 Å². The molecule has 0 aromatic carbocycles. The van der Waals surface area contributed by atoms with Crippen LogP contribution in [0.4, 0.5) is 0 Å². The molecular weight excluding hydrogens is 290 g/mol. The van der Waals surface area contributed by atoms with Crippen LogP contribution in [-0.2, 0) is 13.5 Å². The van der Waals surface area contributed by atoms with Gasteiger partial charge >= 0.3 is 0 Å². The van der Waals surface area contributed by atoms with Crippen molar-refractivity contribution in [2.24, 2.45) is 7.05 Å². The fourth-order valence-corrected chi connectivity index (χ4v) is 3.60. The van der Waals surface area contributed by atoms with Crippen molar-refractivity contribution in [1.82, 2.24) is 24.9 Å². The summed E-state index contributed by atoms with van der Waals surface area (Å²) in [6.07, 6.45) is 3.97. The standard InChI is InChI=1S/C17H25N5O/c1-5-7-13-10-14(19-18-13)17(23)22-9-6-8-15(22)16-11(2)20-21(4)12(16)3/h10,15H,5-9H2,1-4H3,(H,18,19)/t15-/m1/s1. The van der Waals surface area contributed by atoms with E-state index in [1.807, 2.05) is 29.6 Å². The fraction of sp³-hybridized carbons (Fsp3) is 0.588. The molecule has 1 fully saturated rings. The molecule has 6 heteroatoms. The van der Waals surface area contributed by atoms with Crippen LogP contribution in [0.3, 0.4) is 0 Å². The van der Waals surface area contributed by atoms with E-state index in [1.165, 1.54) is 5.56 Å². The van der Waals surface area contributed by atoms with Crippen molar-refractivity contribution >= 4 is 5.91 Å². The van der Waals surface area contributed by atoms with Gasteiger partial charge in [0.25, 0.3) is 5.91 Å². The van der Waals surface area contributed by atoms with Crippen LogP contribution in [0.15, 0.2) is 6.07 Å². The zero-order valence-electron chi connectivity index (χ0n) is 14.4. The molecule has 3 rings (SSSR count). The number of hydrogen-bond donors (Lipinski definition) is 1. The van der Waals surface area contributed by atoms with Gasteiger partial charge in [-0.3, -0.25) is 14.6 Å². The van der Waals surface area contributed by atoms with E-state index in [0.29, 0.717) is 5.69 Å². The van der Waals surface area contributed by atoms with Crippen LogP contribution >= 0.6 is 0 Å². The van der Waals surface area contributed by atoms with Gasteiger partial charge in [0.15, 0.2) is 0 Å². The number of amides is 1. The average molecular weight is 315 g/mol. The molecule has 1 saturated heterocycles. The zero-order valence-corrected chi connectivity index (χ0v) is 14.4. The Bertz CT molecular complexity index is 715. The van der Waals surface area contributed by atoms with Gasteiger partial charge in [-0.15, -0.1) is 0 Å². The number of carbonyl (C=O) groups excluding carboxylic acids is 1. The third-order valence-corrected chi connectivity index (χ3v) is 4.78. The molecule has 1 N–H and O–H groups in total. The Balaban J connectivity index is 1.87. The van der Waals surface area contributed by atoms with Crippen LogP contribution in [-0.4, -0.2) is 37.3 Å².